The van der Waals surface area contributed by atoms with Crippen LogP contribution < -0.4 is 4.74 Å². The Hall–Kier alpha value is -1.70. The van der Waals surface area contributed by atoms with Crippen LogP contribution in [0.5, 0.6) is 5.88 Å². The Balaban J connectivity index is 1.48. The number of amides is 1. The molecule has 2 atom stereocenters. The van der Waals surface area contributed by atoms with Crippen LogP contribution in [0.25, 0.3) is 0 Å². The van der Waals surface area contributed by atoms with Crippen LogP contribution in [-0.2, 0) is 20.8 Å². The normalized spacial score (nSPS) is 26.3. The molecule has 2 aliphatic rings. The lowest BCUT2D eigenvalue weighted by atomic mass is 9.98. The molecule has 0 saturated carbocycles. The molecule has 1 aromatic heterocycles. The number of nitrogens with zero attached hydrogens (tertiary/aromatic N) is 3. The molecule has 0 aliphatic carbocycles. The molecular formula is C18H27N3O4. The van der Waals surface area contributed by atoms with Gasteiger partial charge in [-0.3, -0.25) is 9.69 Å². The maximum atomic E-state index is 11.7. The smallest absolute Gasteiger partial charge is 0.248 e. The van der Waals surface area contributed by atoms with Crippen molar-refractivity contribution in [2.75, 3.05) is 47.5 Å². The Morgan fingerprint density at radius 2 is 2.32 bits per heavy atom. The summed E-state index contributed by atoms with van der Waals surface area (Å²) < 4.78 is 16.9. The Morgan fingerprint density at radius 1 is 1.48 bits per heavy atom. The molecule has 2 aliphatic heterocycles. The quantitative estimate of drug-likeness (QED) is 0.761. The number of hydrogen-bond acceptors (Lipinski definition) is 6. The highest BCUT2D eigenvalue weighted by Gasteiger charge is 2.45. The van der Waals surface area contributed by atoms with Gasteiger partial charge in [0.15, 0.2) is 0 Å². The lowest BCUT2D eigenvalue weighted by Crippen LogP contribution is -2.33. The van der Waals surface area contributed by atoms with Crippen LogP contribution in [0.2, 0.25) is 0 Å². The summed E-state index contributed by atoms with van der Waals surface area (Å²) in [5, 5.41) is 0. The molecule has 0 bridgehead atoms. The van der Waals surface area contributed by atoms with Crippen molar-refractivity contribution in [3.8, 4) is 5.88 Å². The van der Waals surface area contributed by atoms with Gasteiger partial charge in [-0.1, -0.05) is 6.07 Å². The number of ether oxygens (including phenoxy) is 3. The molecule has 3 rings (SSSR count). The zero-order valence-electron chi connectivity index (χ0n) is 15.2. The average Bonchev–Trinajstić information content (AvgIpc) is 3.20. The van der Waals surface area contributed by atoms with Gasteiger partial charge in [-0.25, -0.2) is 4.98 Å². The van der Waals surface area contributed by atoms with Gasteiger partial charge in [0.25, 0.3) is 0 Å². The summed E-state index contributed by atoms with van der Waals surface area (Å²) in [6.07, 6.45) is 3.72. The molecule has 25 heavy (non-hydrogen) atoms. The third-order valence-corrected chi connectivity index (χ3v) is 4.92. The first-order chi connectivity index (χ1) is 12.0. The molecule has 2 fully saturated rings. The monoisotopic (exact) mass is 349 g/mol. The zero-order chi connectivity index (χ0) is 17.9. The lowest BCUT2D eigenvalue weighted by molar-refractivity contribution is -0.135. The SMILES string of the molecule is COc1ccc(CN2CCC3(CC(OCC(=O)N(C)C)CO3)C2)cn1. The van der Waals surface area contributed by atoms with Crippen molar-refractivity contribution in [2.45, 2.75) is 31.1 Å². The number of carbonyl (C=O) groups excluding carboxylic acids is 1. The fourth-order valence-electron chi connectivity index (χ4n) is 3.46. The van der Waals surface area contributed by atoms with E-state index in [0.29, 0.717) is 12.5 Å². The van der Waals surface area contributed by atoms with E-state index in [-0.39, 0.29) is 24.2 Å². The second-order valence-corrected chi connectivity index (χ2v) is 7.09. The topological polar surface area (TPSA) is 64.1 Å². The largest absolute Gasteiger partial charge is 0.481 e. The number of pyridine rings is 1. The van der Waals surface area contributed by atoms with E-state index < -0.39 is 0 Å². The standard InChI is InChI=1S/C18H27N3O4/c1-20(2)17(22)12-24-15-8-18(25-11-15)6-7-21(13-18)10-14-4-5-16(23-3)19-9-14/h4-5,9,15H,6-8,10-13H2,1-3H3. The Labute approximate surface area is 148 Å². The summed E-state index contributed by atoms with van der Waals surface area (Å²) in [7, 11) is 5.09. The molecule has 3 heterocycles. The molecule has 1 amide bonds. The first kappa shape index (κ1) is 18.1. The molecule has 0 radical (unpaired) electrons. The number of rotatable bonds is 6. The molecule has 0 aromatic carbocycles. The third-order valence-electron chi connectivity index (χ3n) is 4.92. The molecule has 1 spiro atoms. The predicted octanol–water partition coefficient (Wildman–Crippen LogP) is 0.928. The van der Waals surface area contributed by atoms with E-state index in [1.807, 2.05) is 18.3 Å². The molecule has 138 valence electrons. The van der Waals surface area contributed by atoms with Gasteiger partial charge in [-0.15, -0.1) is 0 Å². The van der Waals surface area contributed by atoms with Crippen molar-refractivity contribution in [3.05, 3.63) is 23.9 Å². The van der Waals surface area contributed by atoms with Gasteiger partial charge in [0.2, 0.25) is 11.8 Å². The maximum absolute atomic E-state index is 11.7. The number of methoxy groups -OCH3 is 1. The lowest BCUT2D eigenvalue weighted by Gasteiger charge is -2.23. The maximum Gasteiger partial charge on any atom is 0.248 e. The Kier molecular flexibility index (Phi) is 5.56. The van der Waals surface area contributed by atoms with Gasteiger partial charge in [-0.05, 0) is 12.0 Å². The van der Waals surface area contributed by atoms with Crippen LogP contribution in [0.4, 0.5) is 0 Å². The van der Waals surface area contributed by atoms with Crippen LogP contribution in [0, 0.1) is 0 Å². The van der Waals surface area contributed by atoms with E-state index in [1.165, 1.54) is 5.56 Å². The first-order valence-corrected chi connectivity index (χ1v) is 8.67. The highest BCUT2D eigenvalue weighted by Crippen LogP contribution is 2.36. The first-order valence-electron chi connectivity index (χ1n) is 8.67. The van der Waals surface area contributed by atoms with E-state index in [9.17, 15) is 4.79 Å². The van der Waals surface area contributed by atoms with Gasteiger partial charge in [-0.2, -0.15) is 0 Å². The number of likely N-dealkylation sites (tertiary alicyclic amines) is 1. The van der Waals surface area contributed by atoms with Crippen molar-refractivity contribution in [1.29, 1.82) is 0 Å². The van der Waals surface area contributed by atoms with Crippen molar-refractivity contribution < 1.29 is 19.0 Å². The molecule has 7 nitrogen and oxygen atoms in total. The highest BCUT2D eigenvalue weighted by molar-refractivity contribution is 5.76. The summed E-state index contributed by atoms with van der Waals surface area (Å²) in [5.41, 5.74) is 1.03. The number of carbonyl (C=O) groups is 1. The van der Waals surface area contributed by atoms with Crippen LogP contribution in [0.3, 0.4) is 0 Å². The van der Waals surface area contributed by atoms with E-state index in [2.05, 4.69) is 9.88 Å². The number of aromatic nitrogens is 1. The fraction of sp³-hybridized carbons (Fsp3) is 0.667. The molecule has 2 saturated heterocycles. The predicted molar refractivity (Wildman–Crippen MR) is 92.4 cm³/mol. The van der Waals surface area contributed by atoms with E-state index in [1.54, 1.807) is 26.1 Å². The highest BCUT2D eigenvalue weighted by atomic mass is 16.6. The number of likely N-dealkylation sites (N-methyl/N-ethyl adjacent to an activating group) is 1. The van der Waals surface area contributed by atoms with E-state index in [4.69, 9.17) is 14.2 Å². The van der Waals surface area contributed by atoms with Crippen LogP contribution >= 0.6 is 0 Å². The van der Waals surface area contributed by atoms with Gasteiger partial charge in [0.1, 0.15) is 6.61 Å². The number of hydrogen-bond donors (Lipinski definition) is 0. The van der Waals surface area contributed by atoms with Crippen LogP contribution in [-0.4, -0.2) is 79.9 Å². The summed E-state index contributed by atoms with van der Waals surface area (Å²) in [6, 6.07) is 3.93. The van der Waals surface area contributed by atoms with Crippen molar-refractivity contribution >= 4 is 5.91 Å². The van der Waals surface area contributed by atoms with Gasteiger partial charge >= 0.3 is 0 Å². The molecule has 2 unspecified atom stereocenters. The Morgan fingerprint density at radius 3 is 3.00 bits per heavy atom. The van der Waals surface area contributed by atoms with Crippen molar-refractivity contribution in [2.24, 2.45) is 0 Å². The second-order valence-electron chi connectivity index (χ2n) is 7.09. The summed E-state index contributed by atoms with van der Waals surface area (Å²) >= 11 is 0. The summed E-state index contributed by atoms with van der Waals surface area (Å²) in [6.45, 7) is 3.43. The summed E-state index contributed by atoms with van der Waals surface area (Å²) in [4.78, 5) is 19.8. The average molecular weight is 349 g/mol. The minimum Gasteiger partial charge on any atom is -0.481 e. The van der Waals surface area contributed by atoms with Gasteiger partial charge < -0.3 is 19.1 Å². The Bertz CT molecular complexity index is 592. The van der Waals surface area contributed by atoms with Crippen molar-refractivity contribution in [1.82, 2.24) is 14.8 Å². The minimum atomic E-state index is -0.133. The van der Waals surface area contributed by atoms with E-state index in [0.717, 1.165) is 32.5 Å². The molecule has 1 aromatic rings. The fourth-order valence-corrected chi connectivity index (χ4v) is 3.46. The van der Waals surface area contributed by atoms with Gasteiger partial charge in [0.05, 0.1) is 25.4 Å². The summed E-state index contributed by atoms with van der Waals surface area (Å²) in [5.74, 6) is 0.619. The van der Waals surface area contributed by atoms with Crippen LogP contribution in [0.1, 0.15) is 18.4 Å². The van der Waals surface area contributed by atoms with E-state index >= 15 is 0 Å². The van der Waals surface area contributed by atoms with Crippen molar-refractivity contribution in [3.63, 3.8) is 0 Å². The minimum absolute atomic E-state index is 0.00602. The third kappa shape index (κ3) is 4.48. The molecular weight excluding hydrogens is 322 g/mol. The van der Waals surface area contributed by atoms with Crippen LogP contribution in [0.15, 0.2) is 18.3 Å². The molecule has 0 N–H and O–H groups in total. The second kappa shape index (κ2) is 7.68. The van der Waals surface area contributed by atoms with Gasteiger partial charge in [0, 0.05) is 52.4 Å². The zero-order valence-corrected chi connectivity index (χ0v) is 15.2. The molecule has 7 heteroatoms.